The Bertz CT molecular complexity index is 1050. The molecular weight excluding hydrogens is 354 g/mol. The minimum absolute atomic E-state index is 0.0484. The first-order valence-electron chi connectivity index (χ1n) is 9.29. The molecule has 0 amide bonds. The maximum absolute atomic E-state index is 11.2. The Kier molecular flexibility index (Phi) is 4.96. The molecular formula is C21H21N5O2. The molecule has 0 spiro atoms. The summed E-state index contributed by atoms with van der Waals surface area (Å²) in [6.45, 7) is 1.73. The first-order valence-corrected chi connectivity index (χ1v) is 9.29. The minimum atomic E-state index is -0.435. The fraction of sp³-hybridized carbons (Fsp3) is 0.286. The highest BCUT2D eigenvalue weighted by Gasteiger charge is 2.24. The molecule has 1 fully saturated rings. The van der Waals surface area contributed by atoms with Crippen LogP contribution in [0.25, 0.3) is 10.9 Å². The van der Waals surface area contributed by atoms with Crippen molar-refractivity contribution in [2.75, 3.05) is 18.4 Å². The van der Waals surface area contributed by atoms with Crippen LogP contribution in [0.1, 0.15) is 18.4 Å². The first kappa shape index (κ1) is 18.0. The number of aromatic nitrogens is 2. The third-order valence-electron chi connectivity index (χ3n) is 5.26. The Morgan fingerprint density at radius 3 is 3.14 bits per heavy atom. The summed E-state index contributed by atoms with van der Waals surface area (Å²) in [7, 11) is 0. The number of H-pyrrole nitrogens is 1. The summed E-state index contributed by atoms with van der Waals surface area (Å²) < 4.78 is 0. The molecule has 2 N–H and O–H groups in total. The lowest BCUT2D eigenvalue weighted by Gasteiger charge is -2.21. The Morgan fingerprint density at radius 1 is 1.43 bits per heavy atom. The highest BCUT2D eigenvalue weighted by atomic mass is 16.6. The van der Waals surface area contributed by atoms with Gasteiger partial charge in [0, 0.05) is 41.1 Å². The normalized spacial score (nSPS) is 16.9. The molecule has 1 aromatic carbocycles. The van der Waals surface area contributed by atoms with Crippen molar-refractivity contribution in [3.63, 3.8) is 0 Å². The number of hydrogen-bond acceptors (Lipinski definition) is 5. The Balaban J connectivity index is 1.60. The number of aromatic amines is 1. The number of rotatable bonds is 6. The highest BCUT2D eigenvalue weighted by Crippen LogP contribution is 2.30. The largest absolute Gasteiger partial charge is 0.361 e. The number of hydrogen-bond donors (Lipinski definition) is 2. The number of terminal acetylenes is 1. The van der Waals surface area contributed by atoms with Gasteiger partial charge in [-0.15, -0.1) is 6.42 Å². The van der Waals surface area contributed by atoms with Crippen molar-refractivity contribution in [3.8, 4) is 12.3 Å². The zero-order valence-corrected chi connectivity index (χ0v) is 15.4. The lowest BCUT2D eigenvalue weighted by atomic mass is 10.0. The fourth-order valence-corrected chi connectivity index (χ4v) is 3.91. The van der Waals surface area contributed by atoms with E-state index in [1.54, 1.807) is 6.07 Å². The predicted octanol–water partition coefficient (Wildman–Crippen LogP) is 3.85. The number of fused-ring (bicyclic) bond motifs is 1. The van der Waals surface area contributed by atoms with Crippen LogP contribution in [-0.4, -0.2) is 38.9 Å². The zero-order valence-electron chi connectivity index (χ0n) is 15.4. The van der Waals surface area contributed by atoms with Crippen LogP contribution in [0.4, 0.5) is 17.2 Å². The van der Waals surface area contributed by atoms with Crippen LogP contribution in [0, 0.1) is 22.5 Å². The van der Waals surface area contributed by atoms with E-state index >= 15 is 0 Å². The standard InChI is InChI=1S/C21H21N5O2/c1-2-10-25-11-4-5-17(25)12-15-14-23-19-8-7-16(13-18(15)19)24-21-20(26(27)28)6-3-9-22-21/h1,3,6-9,13-14,17,23H,4-5,10-12H2,(H,22,24)/t17-/m1/s1. The highest BCUT2D eigenvalue weighted by molar-refractivity contribution is 5.87. The molecule has 0 unspecified atom stereocenters. The van der Waals surface area contributed by atoms with E-state index in [-0.39, 0.29) is 11.5 Å². The topological polar surface area (TPSA) is 87.1 Å². The lowest BCUT2D eigenvalue weighted by Crippen LogP contribution is -2.31. The van der Waals surface area contributed by atoms with Crippen LogP contribution in [0.2, 0.25) is 0 Å². The molecule has 142 valence electrons. The number of anilines is 2. The van der Waals surface area contributed by atoms with Gasteiger partial charge in [-0.1, -0.05) is 5.92 Å². The number of pyridine rings is 1. The molecule has 2 aromatic heterocycles. The molecule has 4 rings (SSSR count). The molecule has 1 saturated heterocycles. The van der Waals surface area contributed by atoms with E-state index in [0.717, 1.165) is 36.0 Å². The van der Waals surface area contributed by atoms with Gasteiger partial charge in [-0.3, -0.25) is 15.0 Å². The fourth-order valence-electron chi connectivity index (χ4n) is 3.91. The van der Waals surface area contributed by atoms with Gasteiger partial charge in [-0.25, -0.2) is 4.98 Å². The van der Waals surface area contributed by atoms with Crippen molar-refractivity contribution in [2.45, 2.75) is 25.3 Å². The van der Waals surface area contributed by atoms with Gasteiger partial charge in [0.05, 0.1) is 11.5 Å². The van der Waals surface area contributed by atoms with E-state index in [4.69, 9.17) is 6.42 Å². The van der Waals surface area contributed by atoms with Gasteiger partial charge in [0.15, 0.2) is 0 Å². The molecule has 1 atom stereocenters. The number of nitro groups is 1. The van der Waals surface area contributed by atoms with Gasteiger partial charge in [0.2, 0.25) is 5.82 Å². The van der Waals surface area contributed by atoms with Gasteiger partial charge in [0.1, 0.15) is 0 Å². The monoisotopic (exact) mass is 375 g/mol. The second-order valence-corrected chi connectivity index (χ2v) is 7.00. The molecule has 7 heteroatoms. The van der Waals surface area contributed by atoms with Gasteiger partial charge in [-0.05, 0) is 55.6 Å². The van der Waals surface area contributed by atoms with E-state index in [0.29, 0.717) is 12.6 Å². The van der Waals surface area contributed by atoms with Crippen LogP contribution in [0.15, 0.2) is 42.7 Å². The Morgan fingerprint density at radius 2 is 2.32 bits per heavy atom. The van der Waals surface area contributed by atoms with Crippen LogP contribution in [0.5, 0.6) is 0 Å². The SMILES string of the molecule is C#CCN1CCC[C@@H]1Cc1c[nH]c2ccc(Nc3ncccc3[N+](=O)[O-])cc12. The third kappa shape index (κ3) is 3.55. The Hall–Kier alpha value is -3.37. The summed E-state index contributed by atoms with van der Waals surface area (Å²) in [4.78, 5) is 20.6. The molecule has 28 heavy (non-hydrogen) atoms. The summed E-state index contributed by atoms with van der Waals surface area (Å²) in [5.74, 6) is 2.99. The van der Waals surface area contributed by atoms with Crippen molar-refractivity contribution < 1.29 is 4.92 Å². The maximum Gasteiger partial charge on any atom is 0.311 e. The maximum atomic E-state index is 11.2. The first-order chi connectivity index (χ1) is 13.7. The molecule has 0 aliphatic carbocycles. The van der Waals surface area contributed by atoms with E-state index in [1.807, 2.05) is 24.4 Å². The molecule has 7 nitrogen and oxygen atoms in total. The van der Waals surface area contributed by atoms with Crippen molar-refractivity contribution in [1.82, 2.24) is 14.9 Å². The number of nitrogens with one attached hydrogen (secondary N) is 2. The summed E-state index contributed by atoms with van der Waals surface area (Å²) in [5, 5.41) is 15.4. The second-order valence-electron chi connectivity index (χ2n) is 7.00. The summed E-state index contributed by atoms with van der Waals surface area (Å²) >= 11 is 0. The number of benzene rings is 1. The van der Waals surface area contributed by atoms with Crippen molar-refractivity contribution in [3.05, 3.63) is 58.4 Å². The quantitative estimate of drug-likeness (QED) is 0.388. The average Bonchev–Trinajstić information content (AvgIpc) is 3.30. The van der Waals surface area contributed by atoms with Crippen LogP contribution >= 0.6 is 0 Å². The van der Waals surface area contributed by atoms with E-state index in [9.17, 15) is 10.1 Å². The van der Waals surface area contributed by atoms with Crippen LogP contribution in [-0.2, 0) is 6.42 Å². The van der Waals surface area contributed by atoms with Gasteiger partial charge in [0.25, 0.3) is 0 Å². The zero-order chi connectivity index (χ0) is 19.5. The van der Waals surface area contributed by atoms with Crippen LogP contribution < -0.4 is 5.32 Å². The molecule has 1 aliphatic heterocycles. The lowest BCUT2D eigenvalue weighted by molar-refractivity contribution is -0.384. The molecule has 0 radical (unpaired) electrons. The summed E-state index contributed by atoms with van der Waals surface area (Å²) in [6, 6.07) is 9.32. The second kappa shape index (κ2) is 7.71. The van der Waals surface area contributed by atoms with Crippen molar-refractivity contribution in [1.29, 1.82) is 0 Å². The van der Waals surface area contributed by atoms with E-state index in [2.05, 4.69) is 26.1 Å². The molecule has 3 heterocycles. The predicted molar refractivity (Wildman–Crippen MR) is 110 cm³/mol. The van der Waals surface area contributed by atoms with Gasteiger partial charge >= 0.3 is 5.69 Å². The third-order valence-corrected chi connectivity index (χ3v) is 5.26. The minimum Gasteiger partial charge on any atom is -0.361 e. The van der Waals surface area contributed by atoms with Crippen molar-refractivity contribution >= 4 is 28.1 Å². The van der Waals surface area contributed by atoms with Gasteiger partial charge in [-0.2, -0.15) is 0 Å². The summed E-state index contributed by atoms with van der Waals surface area (Å²) in [5.41, 5.74) is 2.98. The summed E-state index contributed by atoms with van der Waals surface area (Å²) in [6.07, 6.45) is 12.3. The van der Waals surface area contributed by atoms with Crippen molar-refractivity contribution in [2.24, 2.45) is 0 Å². The molecule has 1 aliphatic rings. The molecule has 0 bridgehead atoms. The Labute approximate surface area is 162 Å². The van der Waals surface area contributed by atoms with E-state index < -0.39 is 4.92 Å². The average molecular weight is 375 g/mol. The van der Waals surface area contributed by atoms with Crippen LogP contribution in [0.3, 0.4) is 0 Å². The molecule has 3 aromatic rings. The number of likely N-dealkylation sites (tertiary alicyclic amines) is 1. The molecule has 0 saturated carbocycles. The number of nitrogens with zero attached hydrogens (tertiary/aromatic N) is 3. The van der Waals surface area contributed by atoms with Gasteiger partial charge < -0.3 is 10.3 Å². The van der Waals surface area contributed by atoms with E-state index in [1.165, 1.54) is 24.2 Å². The smallest absolute Gasteiger partial charge is 0.311 e.